The molecule has 4 aromatic rings. The topological polar surface area (TPSA) is 74.5 Å². The predicted molar refractivity (Wildman–Crippen MR) is 155 cm³/mol. The monoisotopic (exact) mass is 557 g/mol. The van der Waals surface area contributed by atoms with E-state index in [9.17, 15) is 18.0 Å². The van der Waals surface area contributed by atoms with Crippen LogP contribution >= 0.6 is 0 Å². The number of alkyl halides is 3. The second-order valence-corrected chi connectivity index (χ2v) is 10.3. The third-order valence-electron chi connectivity index (χ3n) is 7.32. The molecule has 0 atom stereocenters. The lowest BCUT2D eigenvalue weighted by atomic mass is 10.0. The van der Waals surface area contributed by atoms with Gasteiger partial charge < -0.3 is 16.0 Å². The number of nitrogen functional groups attached to an aromatic ring is 1. The minimum absolute atomic E-state index is 0.0806. The Labute approximate surface area is 237 Å². The highest BCUT2D eigenvalue weighted by atomic mass is 19.4. The number of aromatic nitrogens is 1. The van der Waals surface area contributed by atoms with Crippen molar-refractivity contribution in [1.82, 2.24) is 14.8 Å². The molecule has 3 aromatic carbocycles. The van der Waals surface area contributed by atoms with Gasteiger partial charge in [0.25, 0.3) is 5.91 Å². The summed E-state index contributed by atoms with van der Waals surface area (Å²) in [5, 5.41) is 4.30. The fourth-order valence-electron chi connectivity index (χ4n) is 4.85. The molecule has 0 unspecified atom stereocenters. The lowest BCUT2D eigenvalue weighted by molar-refractivity contribution is -0.138. The highest BCUT2D eigenvalue weighted by molar-refractivity contribution is 6.04. The molecule has 1 saturated heterocycles. The Morgan fingerprint density at radius 2 is 1.68 bits per heavy atom. The number of nitrogens with zero attached hydrogens (tertiary/aromatic N) is 3. The zero-order chi connectivity index (χ0) is 29.1. The number of nitrogens with two attached hydrogens (primary N) is 1. The number of rotatable bonds is 4. The van der Waals surface area contributed by atoms with Crippen LogP contribution in [0.1, 0.15) is 38.2 Å². The van der Waals surface area contributed by atoms with Gasteiger partial charge in [0.05, 0.1) is 11.1 Å². The zero-order valence-electron chi connectivity index (χ0n) is 22.8. The van der Waals surface area contributed by atoms with Crippen LogP contribution in [0.25, 0.3) is 10.8 Å². The SMILES string of the molecule is Cc1ccc(C(=O)Nc2ccc(CN3CCN(C)CC3)c(C(F)(F)F)c2)cc1C#Cc1cnc(N)c2ccccc12. The van der Waals surface area contributed by atoms with E-state index >= 15 is 0 Å². The molecule has 1 aliphatic rings. The molecule has 0 spiro atoms. The third-order valence-corrected chi connectivity index (χ3v) is 7.32. The van der Waals surface area contributed by atoms with Gasteiger partial charge in [0, 0.05) is 66.5 Å². The van der Waals surface area contributed by atoms with Crippen LogP contribution in [0.15, 0.2) is 66.9 Å². The molecule has 0 radical (unpaired) electrons. The molecule has 5 rings (SSSR count). The van der Waals surface area contributed by atoms with Gasteiger partial charge in [-0.1, -0.05) is 48.2 Å². The minimum atomic E-state index is -4.55. The second-order valence-electron chi connectivity index (χ2n) is 10.3. The number of fused-ring (bicyclic) bond motifs is 1. The maximum absolute atomic E-state index is 14.0. The van der Waals surface area contributed by atoms with Gasteiger partial charge >= 0.3 is 6.18 Å². The largest absolute Gasteiger partial charge is 0.416 e. The number of hydrogen-bond donors (Lipinski definition) is 2. The standard InChI is InChI=1S/C32H30F3N5O/c1-21-7-8-23(17-22(21)9-10-24-19-37-30(36)28-6-4-3-5-27(24)28)31(41)38-26-12-11-25(29(18-26)32(33,34)35)20-40-15-13-39(2)14-16-40/h3-8,11-12,17-19H,13-16,20H2,1-2H3,(H2,36,37)(H,38,41). The number of pyridine rings is 1. The van der Waals surface area contributed by atoms with E-state index < -0.39 is 17.6 Å². The second kappa shape index (κ2) is 11.6. The van der Waals surface area contributed by atoms with Gasteiger partial charge in [0.2, 0.25) is 0 Å². The molecule has 1 fully saturated rings. The fourth-order valence-corrected chi connectivity index (χ4v) is 4.85. The summed E-state index contributed by atoms with van der Waals surface area (Å²) in [6.45, 7) is 5.11. The van der Waals surface area contributed by atoms with Crippen molar-refractivity contribution in [2.75, 3.05) is 44.3 Å². The molecule has 0 aliphatic carbocycles. The lowest BCUT2D eigenvalue weighted by Crippen LogP contribution is -2.44. The smallest absolute Gasteiger partial charge is 0.383 e. The first kappa shape index (κ1) is 28.1. The van der Waals surface area contributed by atoms with E-state index in [-0.39, 0.29) is 23.4 Å². The summed E-state index contributed by atoms with van der Waals surface area (Å²) in [4.78, 5) is 21.5. The van der Waals surface area contributed by atoms with Crippen LogP contribution in [0.4, 0.5) is 24.7 Å². The number of carbonyl (C=O) groups excluding carboxylic acids is 1. The predicted octanol–water partition coefficient (Wildman–Crippen LogP) is 5.54. The summed E-state index contributed by atoms with van der Waals surface area (Å²) >= 11 is 0. The number of halogens is 3. The first-order valence-corrected chi connectivity index (χ1v) is 13.3. The van der Waals surface area contributed by atoms with E-state index in [1.54, 1.807) is 24.4 Å². The number of likely N-dealkylation sites (N-methyl/N-ethyl adjacent to an activating group) is 1. The molecular formula is C32H30F3N5O. The van der Waals surface area contributed by atoms with E-state index in [0.717, 1.165) is 35.5 Å². The number of carbonyl (C=O) groups is 1. The van der Waals surface area contributed by atoms with E-state index in [4.69, 9.17) is 5.73 Å². The normalized spacial score (nSPS) is 14.5. The number of aryl methyl sites for hydroxylation is 1. The van der Waals surface area contributed by atoms with Gasteiger partial charge in [-0.05, 0) is 49.4 Å². The molecule has 1 amide bonds. The van der Waals surface area contributed by atoms with E-state index in [0.29, 0.717) is 30.0 Å². The lowest BCUT2D eigenvalue weighted by Gasteiger charge is -2.33. The van der Waals surface area contributed by atoms with Crippen molar-refractivity contribution >= 4 is 28.2 Å². The van der Waals surface area contributed by atoms with Crippen LogP contribution in [0.5, 0.6) is 0 Å². The van der Waals surface area contributed by atoms with Crippen molar-refractivity contribution in [1.29, 1.82) is 0 Å². The Morgan fingerprint density at radius 3 is 2.41 bits per heavy atom. The number of piperazine rings is 1. The van der Waals surface area contributed by atoms with Gasteiger partial charge in [0.1, 0.15) is 5.82 Å². The summed E-state index contributed by atoms with van der Waals surface area (Å²) in [6.07, 6.45) is -2.93. The summed E-state index contributed by atoms with van der Waals surface area (Å²) in [5.74, 6) is 6.13. The number of hydrogen-bond acceptors (Lipinski definition) is 5. The summed E-state index contributed by atoms with van der Waals surface area (Å²) in [6, 6.07) is 16.6. The highest BCUT2D eigenvalue weighted by Gasteiger charge is 2.34. The molecule has 1 aliphatic heterocycles. The summed E-state index contributed by atoms with van der Waals surface area (Å²) < 4.78 is 41.9. The number of anilines is 2. The Kier molecular flexibility index (Phi) is 7.97. The van der Waals surface area contributed by atoms with Crippen molar-refractivity contribution in [3.05, 3.63) is 100 Å². The zero-order valence-corrected chi connectivity index (χ0v) is 22.8. The third kappa shape index (κ3) is 6.51. The fraction of sp³-hybridized carbons (Fsp3) is 0.250. The van der Waals surface area contributed by atoms with Crippen LogP contribution in [0.2, 0.25) is 0 Å². The Hall–Kier alpha value is -4.39. The van der Waals surface area contributed by atoms with Crippen LogP contribution in [-0.2, 0) is 12.7 Å². The average molecular weight is 558 g/mol. The van der Waals surface area contributed by atoms with Gasteiger partial charge in [-0.2, -0.15) is 13.2 Å². The number of benzene rings is 3. The molecule has 210 valence electrons. The van der Waals surface area contributed by atoms with Gasteiger partial charge in [-0.3, -0.25) is 9.69 Å². The van der Waals surface area contributed by atoms with Crippen molar-refractivity contribution in [3.63, 3.8) is 0 Å². The molecule has 1 aromatic heterocycles. The molecule has 3 N–H and O–H groups in total. The van der Waals surface area contributed by atoms with Gasteiger partial charge in [0.15, 0.2) is 0 Å². The van der Waals surface area contributed by atoms with Gasteiger partial charge in [-0.15, -0.1) is 0 Å². The van der Waals surface area contributed by atoms with E-state index in [2.05, 4.69) is 27.0 Å². The summed E-state index contributed by atoms with van der Waals surface area (Å²) in [7, 11) is 2.00. The quantitative estimate of drug-likeness (QED) is 0.322. The molecule has 9 heteroatoms. The molecular weight excluding hydrogens is 527 g/mol. The van der Waals surface area contributed by atoms with E-state index in [1.165, 1.54) is 12.1 Å². The minimum Gasteiger partial charge on any atom is -0.383 e. The van der Waals surface area contributed by atoms with Crippen LogP contribution < -0.4 is 11.1 Å². The Balaban J connectivity index is 1.37. The average Bonchev–Trinajstić information content (AvgIpc) is 2.95. The van der Waals surface area contributed by atoms with Crippen LogP contribution in [0.3, 0.4) is 0 Å². The Bertz CT molecular complexity index is 1660. The van der Waals surface area contributed by atoms with Crippen molar-refractivity contribution in [3.8, 4) is 11.8 Å². The van der Waals surface area contributed by atoms with E-state index in [1.807, 2.05) is 43.1 Å². The number of amides is 1. The first-order valence-electron chi connectivity index (χ1n) is 13.3. The molecule has 0 saturated carbocycles. The van der Waals surface area contributed by atoms with Crippen molar-refractivity contribution < 1.29 is 18.0 Å². The maximum atomic E-state index is 14.0. The van der Waals surface area contributed by atoms with Crippen molar-refractivity contribution in [2.24, 2.45) is 0 Å². The summed E-state index contributed by atoms with van der Waals surface area (Å²) in [5.41, 5.74) is 7.98. The van der Waals surface area contributed by atoms with Crippen LogP contribution in [0, 0.1) is 18.8 Å². The first-order chi connectivity index (χ1) is 19.6. The molecule has 6 nitrogen and oxygen atoms in total. The molecule has 0 bridgehead atoms. The van der Waals surface area contributed by atoms with Crippen LogP contribution in [-0.4, -0.2) is 53.9 Å². The maximum Gasteiger partial charge on any atom is 0.416 e. The van der Waals surface area contributed by atoms with Crippen molar-refractivity contribution in [2.45, 2.75) is 19.6 Å². The number of nitrogens with one attached hydrogen (secondary N) is 1. The Morgan fingerprint density at radius 1 is 0.976 bits per heavy atom. The molecule has 41 heavy (non-hydrogen) atoms. The van der Waals surface area contributed by atoms with Gasteiger partial charge in [-0.25, -0.2) is 4.98 Å². The highest BCUT2D eigenvalue weighted by Crippen LogP contribution is 2.35. The molecule has 2 heterocycles.